The SMILES string of the molecule is CNC(=O)C(C)c1ccccc1[N+](=O)[O-]. The number of para-hydroxylation sites is 1. The fourth-order valence-corrected chi connectivity index (χ4v) is 1.38. The molecule has 5 heteroatoms. The Bertz CT molecular complexity index is 390. The maximum Gasteiger partial charge on any atom is 0.273 e. The molecule has 1 N–H and O–H groups in total. The van der Waals surface area contributed by atoms with E-state index in [9.17, 15) is 14.9 Å². The van der Waals surface area contributed by atoms with Gasteiger partial charge in [-0.25, -0.2) is 0 Å². The number of hydrogen-bond acceptors (Lipinski definition) is 3. The molecule has 0 aliphatic carbocycles. The summed E-state index contributed by atoms with van der Waals surface area (Å²) < 4.78 is 0. The van der Waals surface area contributed by atoms with E-state index in [1.807, 2.05) is 0 Å². The Hall–Kier alpha value is -1.91. The average Bonchev–Trinajstić information content (AvgIpc) is 2.27. The number of nitrogens with one attached hydrogen (secondary N) is 1. The maximum absolute atomic E-state index is 11.4. The van der Waals surface area contributed by atoms with Gasteiger partial charge in [-0.05, 0) is 6.92 Å². The number of rotatable bonds is 3. The van der Waals surface area contributed by atoms with Crippen molar-refractivity contribution in [2.75, 3.05) is 7.05 Å². The molecule has 0 radical (unpaired) electrons. The molecule has 1 amide bonds. The monoisotopic (exact) mass is 208 g/mol. The Balaban J connectivity index is 3.13. The normalized spacial score (nSPS) is 11.9. The van der Waals surface area contributed by atoms with Crippen LogP contribution >= 0.6 is 0 Å². The summed E-state index contributed by atoms with van der Waals surface area (Å²) in [6.45, 7) is 1.64. The second kappa shape index (κ2) is 4.54. The van der Waals surface area contributed by atoms with Crippen molar-refractivity contribution in [2.45, 2.75) is 12.8 Å². The van der Waals surface area contributed by atoms with Crippen LogP contribution in [0.4, 0.5) is 5.69 Å². The quantitative estimate of drug-likeness (QED) is 0.603. The van der Waals surface area contributed by atoms with Crippen molar-refractivity contribution < 1.29 is 9.72 Å². The van der Waals surface area contributed by atoms with E-state index in [4.69, 9.17) is 0 Å². The highest BCUT2D eigenvalue weighted by molar-refractivity contribution is 5.84. The van der Waals surface area contributed by atoms with Gasteiger partial charge >= 0.3 is 0 Å². The molecule has 1 aromatic rings. The minimum atomic E-state index is -0.517. The van der Waals surface area contributed by atoms with Gasteiger partial charge in [-0.1, -0.05) is 18.2 Å². The van der Waals surface area contributed by atoms with Crippen LogP contribution in [0.25, 0.3) is 0 Å². The van der Waals surface area contributed by atoms with Crippen LogP contribution in [0.5, 0.6) is 0 Å². The number of nitro benzene ring substituents is 1. The van der Waals surface area contributed by atoms with Gasteiger partial charge in [0, 0.05) is 18.7 Å². The summed E-state index contributed by atoms with van der Waals surface area (Å²) in [6.07, 6.45) is 0. The molecule has 0 aliphatic heterocycles. The molecule has 0 spiro atoms. The number of carbonyl (C=O) groups excluding carboxylic acids is 1. The zero-order valence-electron chi connectivity index (χ0n) is 8.56. The molecule has 0 heterocycles. The van der Waals surface area contributed by atoms with Gasteiger partial charge in [-0.15, -0.1) is 0 Å². The summed E-state index contributed by atoms with van der Waals surface area (Å²) >= 11 is 0. The van der Waals surface area contributed by atoms with Gasteiger partial charge in [0.25, 0.3) is 5.69 Å². The van der Waals surface area contributed by atoms with Crippen LogP contribution in [0, 0.1) is 10.1 Å². The van der Waals surface area contributed by atoms with Gasteiger partial charge in [0.2, 0.25) is 5.91 Å². The van der Waals surface area contributed by atoms with Crippen LogP contribution < -0.4 is 5.32 Å². The highest BCUT2D eigenvalue weighted by Crippen LogP contribution is 2.25. The minimum absolute atomic E-state index is 0.0198. The van der Waals surface area contributed by atoms with Gasteiger partial charge in [0.1, 0.15) is 0 Å². The number of benzene rings is 1. The van der Waals surface area contributed by atoms with Gasteiger partial charge in [0.05, 0.1) is 10.8 Å². The largest absolute Gasteiger partial charge is 0.359 e. The van der Waals surface area contributed by atoms with Crippen LogP contribution in [0.1, 0.15) is 18.4 Å². The lowest BCUT2D eigenvalue weighted by atomic mass is 9.98. The van der Waals surface area contributed by atoms with Crippen LogP contribution in [0.3, 0.4) is 0 Å². The van der Waals surface area contributed by atoms with E-state index < -0.39 is 10.8 Å². The standard InChI is InChI=1S/C10H12N2O3/c1-7(10(13)11-2)8-5-3-4-6-9(8)12(14)15/h3-7H,1-2H3,(H,11,13). The van der Waals surface area contributed by atoms with E-state index in [0.717, 1.165) is 0 Å². The van der Waals surface area contributed by atoms with Crippen molar-refractivity contribution in [3.8, 4) is 0 Å². The first-order chi connectivity index (χ1) is 7.07. The predicted octanol–water partition coefficient (Wildman–Crippen LogP) is 1.44. The van der Waals surface area contributed by atoms with E-state index in [-0.39, 0.29) is 11.6 Å². The van der Waals surface area contributed by atoms with Crippen molar-refractivity contribution in [3.63, 3.8) is 0 Å². The van der Waals surface area contributed by atoms with Gasteiger partial charge in [-0.2, -0.15) is 0 Å². The van der Waals surface area contributed by atoms with Crippen molar-refractivity contribution in [3.05, 3.63) is 39.9 Å². The zero-order valence-corrected chi connectivity index (χ0v) is 8.56. The van der Waals surface area contributed by atoms with Crippen LogP contribution in [-0.4, -0.2) is 17.9 Å². The Morgan fingerprint density at radius 3 is 2.60 bits per heavy atom. The average molecular weight is 208 g/mol. The molecule has 1 unspecified atom stereocenters. The molecular formula is C10H12N2O3. The van der Waals surface area contributed by atoms with E-state index in [2.05, 4.69) is 5.32 Å². The van der Waals surface area contributed by atoms with Gasteiger partial charge < -0.3 is 5.32 Å². The number of hydrogen-bond donors (Lipinski definition) is 1. The Kier molecular flexibility index (Phi) is 3.38. The van der Waals surface area contributed by atoms with Crippen LogP contribution in [0.15, 0.2) is 24.3 Å². The number of carbonyl (C=O) groups is 1. The lowest BCUT2D eigenvalue weighted by Gasteiger charge is -2.09. The molecule has 0 aromatic heterocycles. The first-order valence-electron chi connectivity index (χ1n) is 4.52. The first kappa shape index (κ1) is 11.2. The predicted molar refractivity (Wildman–Crippen MR) is 55.6 cm³/mol. The fourth-order valence-electron chi connectivity index (χ4n) is 1.38. The third kappa shape index (κ3) is 2.31. The van der Waals surface area contributed by atoms with Gasteiger partial charge in [-0.3, -0.25) is 14.9 Å². The molecule has 5 nitrogen and oxygen atoms in total. The highest BCUT2D eigenvalue weighted by atomic mass is 16.6. The van der Waals surface area contributed by atoms with Crippen molar-refractivity contribution in [1.82, 2.24) is 5.32 Å². The third-order valence-corrected chi connectivity index (χ3v) is 2.24. The zero-order chi connectivity index (χ0) is 11.4. The smallest absolute Gasteiger partial charge is 0.273 e. The molecule has 1 rings (SSSR count). The fraction of sp³-hybridized carbons (Fsp3) is 0.300. The third-order valence-electron chi connectivity index (χ3n) is 2.24. The van der Waals surface area contributed by atoms with E-state index in [1.165, 1.54) is 13.1 Å². The molecule has 1 aromatic carbocycles. The lowest BCUT2D eigenvalue weighted by molar-refractivity contribution is -0.385. The van der Waals surface area contributed by atoms with Crippen LogP contribution in [0.2, 0.25) is 0 Å². The first-order valence-corrected chi connectivity index (χ1v) is 4.52. The van der Waals surface area contributed by atoms with E-state index in [1.54, 1.807) is 25.1 Å². The number of nitro groups is 1. The van der Waals surface area contributed by atoms with E-state index >= 15 is 0 Å². The summed E-state index contributed by atoms with van der Waals surface area (Å²) in [5.41, 5.74) is 0.412. The van der Waals surface area contributed by atoms with Crippen molar-refractivity contribution in [2.24, 2.45) is 0 Å². The molecular weight excluding hydrogens is 196 g/mol. The molecule has 0 bridgehead atoms. The molecule has 0 saturated carbocycles. The number of amides is 1. The lowest BCUT2D eigenvalue weighted by Crippen LogP contribution is -2.24. The molecule has 15 heavy (non-hydrogen) atoms. The Labute approximate surface area is 87.3 Å². The molecule has 0 aliphatic rings. The summed E-state index contributed by atoms with van der Waals surface area (Å²) in [7, 11) is 1.51. The summed E-state index contributed by atoms with van der Waals surface area (Å²) in [5, 5.41) is 13.2. The molecule has 1 atom stereocenters. The highest BCUT2D eigenvalue weighted by Gasteiger charge is 2.22. The Morgan fingerprint density at radius 2 is 2.07 bits per heavy atom. The summed E-state index contributed by atoms with van der Waals surface area (Å²) in [6, 6.07) is 6.26. The second-order valence-electron chi connectivity index (χ2n) is 3.15. The molecule has 0 saturated heterocycles. The Morgan fingerprint density at radius 1 is 1.47 bits per heavy atom. The van der Waals surface area contributed by atoms with Crippen LogP contribution in [-0.2, 0) is 4.79 Å². The molecule has 80 valence electrons. The summed E-state index contributed by atoms with van der Waals surface area (Å²) in [4.78, 5) is 21.6. The topological polar surface area (TPSA) is 72.2 Å². The second-order valence-corrected chi connectivity index (χ2v) is 3.15. The maximum atomic E-state index is 11.4. The number of likely N-dealkylation sites (N-methyl/N-ethyl adjacent to an activating group) is 1. The summed E-state index contributed by atoms with van der Waals surface area (Å²) in [5.74, 6) is -0.749. The van der Waals surface area contributed by atoms with Crippen molar-refractivity contribution in [1.29, 1.82) is 0 Å². The van der Waals surface area contributed by atoms with E-state index in [0.29, 0.717) is 5.56 Å². The number of nitrogens with zero attached hydrogens (tertiary/aromatic N) is 1. The van der Waals surface area contributed by atoms with Gasteiger partial charge in [0.15, 0.2) is 0 Å². The minimum Gasteiger partial charge on any atom is -0.359 e. The molecule has 0 fully saturated rings. The van der Waals surface area contributed by atoms with Crippen molar-refractivity contribution >= 4 is 11.6 Å².